The molecule has 0 bridgehead atoms. The van der Waals surface area contributed by atoms with Crippen LogP contribution in [-0.4, -0.2) is 6.04 Å². The molecule has 94 valence electrons. The summed E-state index contributed by atoms with van der Waals surface area (Å²) in [4.78, 5) is 0. The number of benzene rings is 1. The molecule has 2 aliphatic rings. The van der Waals surface area contributed by atoms with Gasteiger partial charge in [-0.15, -0.1) is 12.4 Å². The Balaban J connectivity index is 0.00000108. The monoisotopic (exact) mass is 251 g/mol. The van der Waals surface area contributed by atoms with E-state index >= 15 is 0 Å². The van der Waals surface area contributed by atoms with Gasteiger partial charge in [0.25, 0.3) is 0 Å². The van der Waals surface area contributed by atoms with Gasteiger partial charge >= 0.3 is 0 Å². The van der Waals surface area contributed by atoms with Crippen LogP contribution in [0.3, 0.4) is 0 Å². The van der Waals surface area contributed by atoms with Crippen LogP contribution in [0.2, 0.25) is 0 Å². The van der Waals surface area contributed by atoms with Gasteiger partial charge in [-0.05, 0) is 61.5 Å². The minimum absolute atomic E-state index is 0. The average Bonchev–Trinajstić information content (AvgIpc) is 2.33. The predicted octanol–water partition coefficient (Wildman–Crippen LogP) is 3.48. The van der Waals surface area contributed by atoms with Crippen molar-refractivity contribution >= 4 is 12.4 Å². The Morgan fingerprint density at radius 1 is 1.00 bits per heavy atom. The summed E-state index contributed by atoms with van der Waals surface area (Å²) in [6.45, 7) is 0. The van der Waals surface area contributed by atoms with Crippen molar-refractivity contribution < 1.29 is 0 Å². The first kappa shape index (κ1) is 12.9. The normalized spacial score (nSPS) is 31.7. The van der Waals surface area contributed by atoms with Crippen molar-refractivity contribution in [3.8, 4) is 0 Å². The molecule has 1 fully saturated rings. The summed E-state index contributed by atoms with van der Waals surface area (Å²) in [5.74, 6) is 0. The number of halogens is 1. The van der Waals surface area contributed by atoms with Gasteiger partial charge in [-0.3, -0.25) is 0 Å². The summed E-state index contributed by atoms with van der Waals surface area (Å²) in [5, 5.41) is 0. The fourth-order valence-electron chi connectivity index (χ4n) is 3.55. The molecule has 1 saturated carbocycles. The first-order chi connectivity index (χ1) is 7.77. The summed E-state index contributed by atoms with van der Waals surface area (Å²) < 4.78 is 0. The highest BCUT2D eigenvalue weighted by Gasteiger charge is 2.36. The fraction of sp³-hybridized carbons (Fsp3) is 0.600. The number of fused-ring (bicyclic) bond motifs is 1. The molecule has 0 atom stereocenters. The lowest BCUT2D eigenvalue weighted by molar-refractivity contribution is 0.150. The Labute approximate surface area is 110 Å². The summed E-state index contributed by atoms with van der Waals surface area (Å²) in [6, 6.07) is 9.46. The van der Waals surface area contributed by atoms with Gasteiger partial charge in [0.2, 0.25) is 0 Å². The molecule has 0 aliphatic heterocycles. The molecule has 1 nitrogen and oxygen atoms in total. The second kappa shape index (κ2) is 4.99. The van der Waals surface area contributed by atoms with E-state index < -0.39 is 0 Å². The van der Waals surface area contributed by atoms with Crippen LogP contribution < -0.4 is 5.73 Å². The summed E-state index contributed by atoms with van der Waals surface area (Å²) in [7, 11) is 0. The molecule has 0 radical (unpaired) electrons. The molecule has 1 spiro atoms. The first-order valence-electron chi connectivity index (χ1n) is 6.60. The van der Waals surface area contributed by atoms with Gasteiger partial charge in [0.1, 0.15) is 0 Å². The lowest BCUT2D eigenvalue weighted by Gasteiger charge is -2.43. The zero-order chi connectivity index (χ0) is 11.0. The van der Waals surface area contributed by atoms with Gasteiger partial charge in [0.05, 0.1) is 0 Å². The molecular weight excluding hydrogens is 230 g/mol. The highest BCUT2D eigenvalue weighted by molar-refractivity contribution is 5.85. The van der Waals surface area contributed by atoms with Crippen LogP contribution in [0.25, 0.3) is 0 Å². The summed E-state index contributed by atoms with van der Waals surface area (Å²) >= 11 is 0. The average molecular weight is 252 g/mol. The van der Waals surface area contributed by atoms with E-state index in [9.17, 15) is 0 Å². The maximum Gasteiger partial charge on any atom is 0.00392 e. The van der Waals surface area contributed by atoms with Crippen molar-refractivity contribution in [3.63, 3.8) is 0 Å². The van der Waals surface area contributed by atoms with Crippen molar-refractivity contribution in [2.45, 2.75) is 51.0 Å². The molecule has 0 amide bonds. The Morgan fingerprint density at radius 3 is 2.35 bits per heavy atom. The Hall–Kier alpha value is -0.530. The molecule has 0 saturated heterocycles. The van der Waals surface area contributed by atoms with Crippen molar-refractivity contribution in [1.29, 1.82) is 0 Å². The number of rotatable bonds is 0. The number of aryl methyl sites for hydroxylation is 1. The van der Waals surface area contributed by atoms with Crippen LogP contribution in [0.15, 0.2) is 24.3 Å². The second-order valence-corrected chi connectivity index (χ2v) is 5.78. The molecule has 2 N–H and O–H groups in total. The fourth-order valence-corrected chi connectivity index (χ4v) is 3.55. The van der Waals surface area contributed by atoms with Gasteiger partial charge in [-0.25, -0.2) is 0 Å². The van der Waals surface area contributed by atoms with Gasteiger partial charge in [-0.2, -0.15) is 0 Å². The lowest BCUT2D eigenvalue weighted by Crippen LogP contribution is -2.37. The molecule has 0 aromatic heterocycles. The lowest BCUT2D eigenvalue weighted by atomic mass is 9.63. The van der Waals surface area contributed by atoms with E-state index in [2.05, 4.69) is 24.3 Å². The number of hydrogen-bond acceptors (Lipinski definition) is 1. The van der Waals surface area contributed by atoms with Crippen molar-refractivity contribution in [1.82, 2.24) is 0 Å². The van der Waals surface area contributed by atoms with Crippen molar-refractivity contribution in [2.75, 3.05) is 0 Å². The molecule has 1 aromatic rings. The smallest absolute Gasteiger partial charge is 0.00392 e. The van der Waals surface area contributed by atoms with Gasteiger partial charge in [0, 0.05) is 6.04 Å². The molecule has 0 unspecified atom stereocenters. The standard InChI is InChI=1S/C15H21N.ClH/c16-14-6-9-15(10-7-14)8-5-12-3-1-2-4-13(12)11-15;/h1-4,14H,5-11,16H2;1H. The van der Waals surface area contributed by atoms with E-state index in [1.807, 2.05) is 0 Å². The van der Waals surface area contributed by atoms with Gasteiger partial charge in [-0.1, -0.05) is 24.3 Å². The highest BCUT2D eigenvalue weighted by atomic mass is 35.5. The van der Waals surface area contributed by atoms with E-state index in [-0.39, 0.29) is 12.4 Å². The van der Waals surface area contributed by atoms with E-state index in [0.29, 0.717) is 11.5 Å². The van der Waals surface area contributed by atoms with E-state index in [1.54, 1.807) is 11.1 Å². The Bertz CT molecular complexity index is 380. The molecule has 3 rings (SSSR count). The molecule has 2 heteroatoms. The summed E-state index contributed by atoms with van der Waals surface area (Å²) in [6.07, 6.45) is 9.15. The zero-order valence-corrected chi connectivity index (χ0v) is 11.1. The minimum atomic E-state index is 0. The molecule has 17 heavy (non-hydrogen) atoms. The van der Waals surface area contributed by atoms with E-state index in [4.69, 9.17) is 5.73 Å². The van der Waals surface area contributed by atoms with Gasteiger partial charge < -0.3 is 5.73 Å². The third-order valence-electron chi connectivity index (χ3n) is 4.70. The van der Waals surface area contributed by atoms with Crippen LogP contribution in [0.1, 0.15) is 43.2 Å². The highest BCUT2D eigenvalue weighted by Crippen LogP contribution is 2.45. The second-order valence-electron chi connectivity index (χ2n) is 5.78. The van der Waals surface area contributed by atoms with Crippen LogP contribution in [0, 0.1) is 5.41 Å². The molecule has 0 heterocycles. The Kier molecular flexibility index (Phi) is 3.79. The maximum absolute atomic E-state index is 6.02. The quantitative estimate of drug-likeness (QED) is 0.751. The number of nitrogens with two attached hydrogens (primary N) is 1. The van der Waals surface area contributed by atoms with Crippen LogP contribution in [-0.2, 0) is 12.8 Å². The minimum Gasteiger partial charge on any atom is -0.328 e. The topological polar surface area (TPSA) is 26.0 Å². The Morgan fingerprint density at radius 2 is 1.65 bits per heavy atom. The van der Waals surface area contributed by atoms with Crippen LogP contribution in [0.5, 0.6) is 0 Å². The van der Waals surface area contributed by atoms with Gasteiger partial charge in [0.15, 0.2) is 0 Å². The maximum atomic E-state index is 6.02. The van der Waals surface area contributed by atoms with Crippen molar-refractivity contribution in [3.05, 3.63) is 35.4 Å². The third-order valence-corrected chi connectivity index (χ3v) is 4.70. The van der Waals surface area contributed by atoms with E-state index in [1.165, 1.54) is 44.9 Å². The van der Waals surface area contributed by atoms with Crippen molar-refractivity contribution in [2.24, 2.45) is 11.1 Å². The largest absolute Gasteiger partial charge is 0.328 e. The summed E-state index contributed by atoms with van der Waals surface area (Å²) in [5.41, 5.74) is 9.81. The molecular formula is C15H22ClN. The first-order valence-corrected chi connectivity index (χ1v) is 6.60. The SMILES string of the molecule is Cl.NC1CCC2(CCc3ccccc3C2)CC1. The van der Waals surface area contributed by atoms with Crippen LogP contribution in [0.4, 0.5) is 0 Å². The third kappa shape index (κ3) is 2.51. The molecule has 2 aliphatic carbocycles. The van der Waals surface area contributed by atoms with Crippen LogP contribution >= 0.6 is 12.4 Å². The van der Waals surface area contributed by atoms with E-state index in [0.717, 1.165) is 0 Å². The zero-order valence-electron chi connectivity index (χ0n) is 10.3. The predicted molar refractivity (Wildman–Crippen MR) is 74.6 cm³/mol. The molecule has 1 aromatic carbocycles. The number of hydrogen-bond donors (Lipinski definition) is 1.